The molecule has 0 spiro atoms. The third-order valence-electron chi connectivity index (χ3n) is 8.93. The van der Waals surface area contributed by atoms with Gasteiger partial charge in [0.1, 0.15) is 11.9 Å². The zero-order valence-corrected chi connectivity index (χ0v) is 27.4. The van der Waals surface area contributed by atoms with Crippen molar-refractivity contribution in [1.82, 2.24) is 0 Å². The number of unbranched alkanes of at least 4 members (excludes halogenated alkanes) is 27. The normalized spacial score (nSPS) is 12.6. The molecule has 2 nitrogen and oxygen atoms in total. The van der Waals surface area contributed by atoms with Crippen LogP contribution in [0.2, 0.25) is 0 Å². The van der Waals surface area contributed by atoms with E-state index in [1.807, 2.05) is 11.9 Å². The van der Waals surface area contributed by atoms with E-state index in [2.05, 4.69) is 13.8 Å². The molecule has 0 saturated heterocycles. The molecule has 0 fully saturated rings. The standard InChI is InChI=1S/C38H70O2/c1-3-5-7-9-11-13-15-17-18-19-21-23-25-27-29-31-33-38(34-36-39,35-37-40)32-30-28-26-24-22-20-16-14-12-10-8-6-4-2/h34-35H,3-33H2,1-2H3. The van der Waals surface area contributed by atoms with Crippen molar-refractivity contribution in [1.29, 1.82) is 0 Å². The molecule has 0 N–H and O–H groups in total. The van der Waals surface area contributed by atoms with Gasteiger partial charge in [0, 0.05) is 17.6 Å². The molecule has 0 amide bonds. The Balaban J connectivity index is 3.80. The van der Waals surface area contributed by atoms with Crippen LogP contribution in [0.4, 0.5) is 0 Å². The van der Waals surface area contributed by atoms with Crippen molar-refractivity contribution in [3.63, 3.8) is 0 Å². The highest BCUT2D eigenvalue weighted by Gasteiger charge is 2.24. The first-order valence-corrected chi connectivity index (χ1v) is 18.2. The van der Waals surface area contributed by atoms with Gasteiger partial charge in [-0.05, 0) is 12.8 Å². The van der Waals surface area contributed by atoms with Crippen LogP contribution in [0, 0.1) is 5.41 Å². The lowest BCUT2D eigenvalue weighted by atomic mass is 9.78. The van der Waals surface area contributed by atoms with Crippen LogP contribution in [-0.4, -0.2) is 11.9 Å². The van der Waals surface area contributed by atoms with Gasteiger partial charge >= 0.3 is 0 Å². The lowest BCUT2D eigenvalue weighted by molar-refractivity contribution is 0.371. The third-order valence-corrected chi connectivity index (χ3v) is 8.93. The molecule has 0 bridgehead atoms. The molecule has 0 aromatic rings. The molecule has 40 heavy (non-hydrogen) atoms. The van der Waals surface area contributed by atoms with Gasteiger partial charge in [-0.1, -0.05) is 200 Å². The van der Waals surface area contributed by atoms with E-state index in [1.54, 1.807) is 12.2 Å². The molecular formula is C38H70O2. The van der Waals surface area contributed by atoms with Crippen LogP contribution >= 0.6 is 0 Å². The fourth-order valence-electron chi connectivity index (χ4n) is 6.16. The SMILES string of the molecule is CCCCCCCCCCCCCCCCCCC(C=C=O)(C=C=O)CCCCCCCCCCCCCCC. The summed E-state index contributed by atoms with van der Waals surface area (Å²) in [5.74, 6) is 4.02. The van der Waals surface area contributed by atoms with Crippen LogP contribution in [-0.2, 0) is 9.59 Å². The Labute approximate surface area is 251 Å². The zero-order valence-electron chi connectivity index (χ0n) is 27.4. The van der Waals surface area contributed by atoms with Gasteiger partial charge in [0.2, 0.25) is 0 Å². The van der Waals surface area contributed by atoms with Gasteiger partial charge in [0.25, 0.3) is 0 Å². The molecule has 0 aliphatic rings. The smallest absolute Gasteiger partial charge is 0.120 e. The van der Waals surface area contributed by atoms with Gasteiger partial charge in [0.05, 0.1) is 0 Å². The van der Waals surface area contributed by atoms with Crippen molar-refractivity contribution in [3.05, 3.63) is 12.2 Å². The van der Waals surface area contributed by atoms with E-state index in [1.165, 1.54) is 173 Å². The van der Waals surface area contributed by atoms with Gasteiger partial charge in [0.15, 0.2) is 0 Å². The second-order valence-corrected chi connectivity index (χ2v) is 12.8. The van der Waals surface area contributed by atoms with E-state index in [9.17, 15) is 9.59 Å². The molecule has 0 radical (unpaired) electrons. The molecule has 0 aliphatic carbocycles. The van der Waals surface area contributed by atoms with E-state index in [0.29, 0.717) is 0 Å². The van der Waals surface area contributed by atoms with Crippen molar-refractivity contribution in [2.75, 3.05) is 0 Å². The highest BCUT2D eigenvalue weighted by atomic mass is 16.1. The van der Waals surface area contributed by atoms with Crippen LogP contribution < -0.4 is 0 Å². The maximum Gasteiger partial charge on any atom is 0.120 e. The summed E-state index contributed by atoms with van der Waals surface area (Å²) in [5, 5.41) is 0. The number of hydrogen-bond donors (Lipinski definition) is 0. The second-order valence-electron chi connectivity index (χ2n) is 12.8. The molecular weight excluding hydrogens is 488 g/mol. The highest BCUT2D eigenvalue weighted by molar-refractivity contribution is 5.54. The summed E-state index contributed by atoms with van der Waals surface area (Å²) < 4.78 is 0. The number of rotatable bonds is 33. The Morgan fingerprint density at radius 2 is 0.550 bits per heavy atom. The van der Waals surface area contributed by atoms with Crippen LogP contribution in [0.25, 0.3) is 0 Å². The van der Waals surface area contributed by atoms with Crippen LogP contribution in [0.3, 0.4) is 0 Å². The average molecular weight is 559 g/mol. The summed E-state index contributed by atoms with van der Waals surface area (Å²) in [4.78, 5) is 22.5. The number of allylic oxidation sites excluding steroid dienone is 2. The summed E-state index contributed by atoms with van der Waals surface area (Å²) >= 11 is 0. The maximum atomic E-state index is 11.3. The molecule has 2 heteroatoms. The van der Waals surface area contributed by atoms with Gasteiger partial charge in [-0.25, -0.2) is 9.59 Å². The van der Waals surface area contributed by atoms with Gasteiger partial charge in [-0.2, -0.15) is 0 Å². The summed E-state index contributed by atoms with van der Waals surface area (Å²) in [6, 6.07) is 0. The van der Waals surface area contributed by atoms with E-state index in [0.717, 1.165) is 25.7 Å². The van der Waals surface area contributed by atoms with Crippen LogP contribution in [0.15, 0.2) is 12.2 Å². The molecule has 0 rings (SSSR count). The quantitative estimate of drug-likeness (QED) is 0.0593. The Morgan fingerprint density at radius 3 is 0.750 bits per heavy atom. The minimum atomic E-state index is -0.419. The Hall–Kier alpha value is -1.10. The Morgan fingerprint density at radius 1 is 0.350 bits per heavy atom. The minimum Gasteiger partial charge on any atom is -0.234 e. The monoisotopic (exact) mass is 559 g/mol. The average Bonchev–Trinajstić information content (AvgIpc) is 2.95. The van der Waals surface area contributed by atoms with Gasteiger partial charge < -0.3 is 0 Å². The third kappa shape index (κ3) is 27.1. The van der Waals surface area contributed by atoms with Gasteiger partial charge in [-0.3, -0.25) is 0 Å². The molecule has 0 heterocycles. The lowest BCUT2D eigenvalue weighted by Crippen LogP contribution is -2.16. The molecule has 0 saturated carbocycles. The van der Waals surface area contributed by atoms with Crippen molar-refractivity contribution in [2.45, 2.75) is 213 Å². The summed E-state index contributed by atoms with van der Waals surface area (Å²) in [5.41, 5.74) is -0.419. The minimum absolute atomic E-state index is 0.419. The van der Waals surface area contributed by atoms with E-state index >= 15 is 0 Å². The van der Waals surface area contributed by atoms with Gasteiger partial charge in [-0.15, -0.1) is 0 Å². The predicted molar refractivity (Wildman–Crippen MR) is 177 cm³/mol. The molecule has 0 unspecified atom stereocenters. The zero-order chi connectivity index (χ0) is 29.2. The molecule has 234 valence electrons. The second kappa shape index (κ2) is 32.4. The Bertz CT molecular complexity index is 579. The molecule has 0 aromatic carbocycles. The van der Waals surface area contributed by atoms with Crippen molar-refractivity contribution in [2.24, 2.45) is 5.41 Å². The number of hydrogen-bond acceptors (Lipinski definition) is 2. The fraction of sp³-hybridized carbons (Fsp3) is 0.895. The maximum absolute atomic E-state index is 11.3. The van der Waals surface area contributed by atoms with Crippen LogP contribution in [0.5, 0.6) is 0 Å². The molecule has 0 aliphatic heterocycles. The summed E-state index contributed by atoms with van der Waals surface area (Å²) in [6.07, 6.45) is 44.0. The first-order valence-electron chi connectivity index (χ1n) is 18.2. The first kappa shape index (κ1) is 38.9. The topological polar surface area (TPSA) is 34.1 Å². The summed E-state index contributed by atoms with van der Waals surface area (Å²) in [6.45, 7) is 4.56. The van der Waals surface area contributed by atoms with Crippen molar-refractivity contribution >= 4 is 11.9 Å². The predicted octanol–water partition coefficient (Wildman–Crippen LogP) is 12.9. The van der Waals surface area contributed by atoms with E-state index in [-0.39, 0.29) is 0 Å². The highest BCUT2D eigenvalue weighted by Crippen LogP contribution is 2.34. The van der Waals surface area contributed by atoms with E-state index in [4.69, 9.17) is 0 Å². The van der Waals surface area contributed by atoms with E-state index < -0.39 is 5.41 Å². The lowest BCUT2D eigenvalue weighted by Gasteiger charge is -2.24. The largest absolute Gasteiger partial charge is 0.234 e. The van der Waals surface area contributed by atoms with Crippen molar-refractivity contribution in [3.8, 4) is 0 Å². The molecule has 0 aromatic heterocycles. The van der Waals surface area contributed by atoms with Crippen molar-refractivity contribution < 1.29 is 9.59 Å². The number of carbonyl (C=O) groups excluding carboxylic acids is 2. The summed E-state index contributed by atoms with van der Waals surface area (Å²) in [7, 11) is 0. The fourth-order valence-corrected chi connectivity index (χ4v) is 6.16. The molecule has 0 atom stereocenters. The Kier molecular flexibility index (Phi) is 31.5. The van der Waals surface area contributed by atoms with Crippen LogP contribution in [0.1, 0.15) is 213 Å². The first-order chi connectivity index (χ1) is 19.7.